The zero-order valence-corrected chi connectivity index (χ0v) is 12.6. The van der Waals surface area contributed by atoms with E-state index in [2.05, 4.69) is 35.5 Å². The lowest BCUT2D eigenvalue weighted by Gasteiger charge is -2.06. The highest BCUT2D eigenvalue weighted by molar-refractivity contribution is 7.11. The maximum Gasteiger partial charge on any atom is 0.253 e. The summed E-state index contributed by atoms with van der Waals surface area (Å²) in [7, 11) is 0. The molecule has 0 aliphatic heterocycles. The van der Waals surface area contributed by atoms with Crippen molar-refractivity contribution in [2.75, 3.05) is 11.9 Å². The molecule has 2 heterocycles. The third-order valence-electron chi connectivity index (χ3n) is 2.80. The molecule has 1 amide bonds. The molecule has 0 radical (unpaired) electrons. The number of thiophene rings is 1. The van der Waals surface area contributed by atoms with E-state index in [0.717, 1.165) is 23.7 Å². The fourth-order valence-electron chi connectivity index (χ4n) is 1.74. The van der Waals surface area contributed by atoms with Crippen LogP contribution < -0.4 is 10.6 Å². The van der Waals surface area contributed by atoms with Crippen molar-refractivity contribution in [1.82, 2.24) is 10.3 Å². The minimum atomic E-state index is -0.0920. The quantitative estimate of drug-likeness (QED) is 0.858. The summed E-state index contributed by atoms with van der Waals surface area (Å²) in [6, 6.07) is 7.72. The Morgan fingerprint density at radius 1 is 1.30 bits per heavy atom. The first kappa shape index (κ1) is 14.5. The van der Waals surface area contributed by atoms with Crippen molar-refractivity contribution in [3.63, 3.8) is 0 Å². The number of aromatic nitrogens is 1. The Balaban J connectivity index is 1.88. The molecule has 0 saturated carbocycles. The van der Waals surface area contributed by atoms with Crippen LogP contribution in [0.15, 0.2) is 30.5 Å². The van der Waals surface area contributed by atoms with Crippen LogP contribution in [0, 0.1) is 6.92 Å². The maximum absolute atomic E-state index is 12.0. The van der Waals surface area contributed by atoms with E-state index in [1.807, 2.05) is 12.1 Å². The number of hydrogen-bond donors (Lipinski definition) is 2. The average Bonchev–Trinajstić information content (AvgIpc) is 2.89. The Hall–Kier alpha value is -1.88. The molecule has 2 rings (SSSR count). The van der Waals surface area contributed by atoms with Gasteiger partial charge in [-0.1, -0.05) is 6.92 Å². The van der Waals surface area contributed by atoms with Crippen molar-refractivity contribution in [2.45, 2.75) is 26.8 Å². The number of nitrogens with one attached hydrogen (secondary N) is 2. The highest BCUT2D eigenvalue weighted by atomic mass is 32.1. The number of aryl methyl sites for hydroxylation is 1. The van der Waals surface area contributed by atoms with E-state index in [4.69, 9.17) is 0 Å². The van der Waals surface area contributed by atoms with E-state index >= 15 is 0 Å². The molecule has 0 aromatic carbocycles. The molecule has 0 fully saturated rings. The summed E-state index contributed by atoms with van der Waals surface area (Å²) in [6.45, 7) is 5.60. The highest BCUT2D eigenvalue weighted by Crippen LogP contribution is 2.14. The number of carbonyl (C=O) groups excluding carboxylic acids is 1. The molecule has 0 aliphatic rings. The lowest BCUT2D eigenvalue weighted by atomic mass is 10.2. The van der Waals surface area contributed by atoms with Gasteiger partial charge >= 0.3 is 0 Å². The van der Waals surface area contributed by atoms with Crippen molar-refractivity contribution in [3.8, 4) is 0 Å². The standard InChI is InChI=1S/C15H19N3OS/c1-3-8-16-14-7-5-12(9-17-14)15(19)18-10-13-6-4-11(2)20-13/h4-7,9H,3,8,10H2,1-2H3,(H,16,17)(H,18,19). The Bertz CT molecular complexity index is 563. The van der Waals surface area contributed by atoms with Crippen molar-refractivity contribution >= 4 is 23.1 Å². The van der Waals surface area contributed by atoms with Gasteiger partial charge in [0.25, 0.3) is 5.91 Å². The van der Waals surface area contributed by atoms with Crippen LogP contribution in [0.4, 0.5) is 5.82 Å². The summed E-state index contributed by atoms with van der Waals surface area (Å²) in [5.41, 5.74) is 0.584. The first-order valence-electron chi connectivity index (χ1n) is 6.72. The molecule has 106 valence electrons. The minimum Gasteiger partial charge on any atom is -0.370 e. The second-order valence-corrected chi connectivity index (χ2v) is 5.93. The normalized spacial score (nSPS) is 10.3. The van der Waals surface area contributed by atoms with Gasteiger partial charge in [0, 0.05) is 22.5 Å². The molecule has 5 heteroatoms. The van der Waals surface area contributed by atoms with Gasteiger partial charge in [0.1, 0.15) is 5.82 Å². The number of rotatable bonds is 6. The molecule has 0 aliphatic carbocycles. The average molecular weight is 289 g/mol. The molecule has 0 atom stereocenters. The van der Waals surface area contributed by atoms with Gasteiger partial charge in [-0.3, -0.25) is 4.79 Å². The van der Waals surface area contributed by atoms with Crippen LogP contribution in [0.5, 0.6) is 0 Å². The number of hydrogen-bond acceptors (Lipinski definition) is 4. The second kappa shape index (κ2) is 7.05. The summed E-state index contributed by atoms with van der Waals surface area (Å²) in [6.07, 6.45) is 2.65. The van der Waals surface area contributed by atoms with E-state index in [9.17, 15) is 4.79 Å². The molecule has 4 nitrogen and oxygen atoms in total. The molecule has 0 saturated heterocycles. The highest BCUT2D eigenvalue weighted by Gasteiger charge is 2.06. The SMILES string of the molecule is CCCNc1ccc(C(=O)NCc2ccc(C)s2)cn1. The summed E-state index contributed by atoms with van der Waals surface area (Å²) < 4.78 is 0. The number of anilines is 1. The zero-order chi connectivity index (χ0) is 14.4. The van der Waals surface area contributed by atoms with E-state index in [1.54, 1.807) is 23.6 Å². The summed E-state index contributed by atoms with van der Waals surface area (Å²) in [5.74, 6) is 0.711. The lowest BCUT2D eigenvalue weighted by Crippen LogP contribution is -2.22. The maximum atomic E-state index is 12.0. The van der Waals surface area contributed by atoms with Crippen LogP contribution in [0.25, 0.3) is 0 Å². The molecule has 0 unspecified atom stereocenters. The fraction of sp³-hybridized carbons (Fsp3) is 0.333. The Morgan fingerprint density at radius 2 is 2.15 bits per heavy atom. The van der Waals surface area contributed by atoms with Crippen LogP contribution in [0.3, 0.4) is 0 Å². The molecular formula is C15H19N3OS. The number of carbonyl (C=O) groups is 1. The van der Waals surface area contributed by atoms with E-state index in [1.165, 1.54) is 4.88 Å². The number of nitrogens with zero attached hydrogens (tertiary/aromatic N) is 1. The lowest BCUT2D eigenvalue weighted by molar-refractivity contribution is 0.0951. The van der Waals surface area contributed by atoms with Crippen LogP contribution in [-0.4, -0.2) is 17.4 Å². The summed E-state index contributed by atoms with van der Waals surface area (Å²) in [5, 5.41) is 6.08. The topological polar surface area (TPSA) is 54.0 Å². The first-order chi connectivity index (χ1) is 9.69. The van der Waals surface area contributed by atoms with Crippen molar-refractivity contribution in [2.24, 2.45) is 0 Å². The van der Waals surface area contributed by atoms with Crippen molar-refractivity contribution in [3.05, 3.63) is 45.8 Å². The Morgan fingerprint density at radius 3 is 2.75 bits per heavy atom. The molecule has 0 bridgehead atoms. The number of amides is 1. The molecule has 0 spiro atoms. The summed E-state index contributed by atoms with van der Waals surface area (Å²) in [4.78, 5) is 18.6. The predicted octanol–water partition coefficient (Wildman–Crippen LogP) is 3.20. The predicted molar refractivity (Wildman–Crippen MR) is 83.2 cm³/mol. The third-order valence-corrected chi connectivity index (χ3v) is 3.80. The van der Waals surface area contributed by atoms with Gasteiger partial charge in [-0.25, -0.2) is 4.98 Å². The van der Waals surface area contributed by atoms with Crippen LogP contribution in [-0.2, 0) is 6.54 Å². The van der Waals surface area contributed by atoms with Gasteiger partial charge in [-0.05, 0) is 37.6 Å². The zero-order valence-electron chi connectivity index (χ0n) is 11.8. The molecular weight excluding hydrogens is 270 g/mol. The van der Waals surface area contributed by atoms with Crippen LogP contribution in [0.2, 0.25) is 0 Å². The van der Waals surface area contributed by atoms with E-state index in [0.29, 0.717) is 12.1 Å². The van der Waals surface area contributed by atoms with Crippen LogP contribution in [0.1, 0.15) is 33.5 Å². The van der Waals surface area contributed by atoms with Gasteiger partial charge in [0.2, 0.25) is 0 Å². The molecule has 2 aromatic heterocycles. The largest absolute Gasteiger partial charge is 0.370 e. The third kappa shape index (κ3) is 4.06. The van der Waals surface area contributed by atoms with Crippen molar-refractivity contribution in [1.29, 1.82) is 0 Å². The van der Waals surface area contributed by atoms with Crippen LogP contribution >= 0.6 is 11.3 Å². The van der Waals surface area contributed by atoms with Gasteiger partial charge in [-0.2, -0.15) is 0 Å². The van der Waals surface area contributed by atoms with Gasteiger partial charge in [-0.15, -0.1) is 11.3 Å². The Kier molecular flexibility index (Phi) is 5.12. The monoisotopic (exact) mass is 289 g/mol. The minimum absolute atomic E-state index is 0.0920. The summed E-state index contributed by atoms with van der Waals surface area (Å²) >= 11 is 1.70. The van der Waals surface area contributed by atoms with Crippen molar-refractivity contribution < 1.29 is 4.79 Å². The van der Waals surface area contributed by atoms with Gasteiger partial charge in [0.15, 0.2) is 0 Å². The first-order valence-corrected chi connectivity index (χ1v) is 7.54. The Labute approximate surface area is 123 Å². The number of pyridine rings is 1. The van der Waals surface area contributed by atoms with E-state index in [-0.39, 0.29) is 5.91 Å². The second-order valence-electron chi connectivity index (χ2n) is 4.55. The fourth-order valence-corrected chi connectivity index (χ4v) is 2.57. The molecule has 2 N–H and O–H groups in total. The van der Waals surface area contributed by atoms with Gasteiger partial charge in [0.05, 0.1) is 12.1 Å². The molecule has 2 aromatic rings. The smallest absolute Gasteiger partial charge is 0.253 e. The molecule has 20 heavy (non-hydrogen) atoms. The van der Waals surface area contributed by atoms with Gasteiger partial charge < -0.3 is 10.6 Å². The van der Waals surface area contributed by atoms with E-state index < -0.39 is 0 Å².